The van der Waals surface area contributed by atoms with Gasteiger partial charge in [-0.1, -0.05) is 135 Å². The monoisotopic (exact) mass is 641 g/mol. The van der Waals surface area contributed by atoms with Crippen LogP contribution in [0, 0.1) is 0 Å². The Kier molecular flexibility index (Phi) is 22.2. The Morgan fingerprint density at radius 2 is 1.16 bits per heavy atom. The molecule has 0 aliphatic carbocycles. The molecular weight excluding hydrogens is 579 g/mol. The van der Waals surface area contributed by atoms with E-state index < -0.39 is 6.04 Å². The van der Waals surface area contributed by atoms with E-state index in [9.17, 15) is 14.4 Å². The van der Waals surface area contributed by atoms with Crippen molar-refractivity contribution >= 4 is 39.1 Å². The Morgan fingerprint density at radius 3 is 1.71 bits per heavy atom. The van der Waals surface area contributed by atoms with Gasteiger partial charge >= 0.3 is 0 Å². The third kappa shape index (κ3) is 18.4. The molecule has 2 aromatic rings. The molecule has 1 atom stereocenters. The summed E-state index contributed by atoms with van der Waals surface area (Å²) in [6.07, 6.45) is 25.5. The second-order valence-electron chi connectivity index (χ2n) is 12.7. The standard InChI is InChI=1S/C38H63N3O3S/c1-3-5-7-9-11-13-15-17-19-21-28-39-36(42)26-25-34(41-37(43)33-24-23-32-27-30-45-35(32)31-33)38(44)40-29-22-20-18-16-14-12-10-8-6-4-2/h23-24,27,30-31,34H,3-22,25-26,28-29H2,1-2H3,(H,39,42)(H,40,44)(H,41,43). The van der Waals surface area contributed by atoms with Crippen LogP contribution in [-0.2, 0) is 9.59 Å². The van der Waals surface area contributed by atoms with Crippen LogP contribution in [0.2, 0.25) is 0 Å². The lowest BCUT2D eigenvalue weighted by atomic mass is 10.1. The summed E-state index contributed by atoms with van der Waals surface area (Å²) in [6.45, 7) is 5.75. The third-order valence-electron chi connectivity index (χ3n) is 8.68. The minimum atomic E-state index is -0.747. The average molecular weight is 642 g/mol. The third-order valence-corrected chi connectivity index (χ3v) is 9.56. The fourth-order valence-corrected chi connectivity index (χ4v) is 6.59. The Bertz CT molecular complexity index is 1070. The summed E-state index contributed by atoms with van der Waals surface area (Å²) in [7, 11) is 0. The van der Waals surface area contributed by atoms with Crippen LogP contribution in [0.4, 0.5) is 0 Å². The van der Waals surface area contributed by atoms with Crippen LogP contribution in [0.1, 0.15) is 165 Å². The lowest BCUT2D eigenvalue weighted by Gasteiger charge is -2.19. The van der Waals surface area contributed by atoms with Gasteiger partial charge in [-0.3, -0.25) is 14.4 Å². The van der Waals surface area contributed by atoms with E-state index in [-0.39, 0.29) is 30.6 Å². The van der Waals surface area contributed by atoms with E-state index in [1.54, 1.807) is 17.4 Å². The number of unbranched alkanes of at least 4 members (excludes halogenated alkanes) is 18. The highest BCUT2D eigenvalue weighted by molar-refractivity contribution is 7.17. The minimum absolute atomic E-state index is 0.0623. The maximum Gasteiger partial charge on any atom is 0.251 e. The molecule has 0 aliphatic rings. The maximum absolute atomic E-state index is 13.2. The Balaban J connectivity index is 1.71. The number of carbonyl (C=O) groups excluding carboxylic acids is 3. The molecule has 0 fully saturated rings. The van der Waals surface area contributed by atoms with Gasteiger partial charge in [-0.15, -0.1) is 11.3 Å². The van der Waals surface area contributed by atoms with E-state index in [2.05, 4.69) is 29.8 Å². The Morgan fingerprint density at radius 1 is 0.644 bits per heavy atom. The Labute approximate surface area is 278 Å². The van der Waals surface area contributed by atoms with E-state index in [4.69, 9.17) is 0 Å². The molecule has 3 N–H and O–H groups in total. The van der Waals surface area contributed by atoms with E-state index in [1.165, 1.54) is 103 Å². The zero-order valence-electron chi connectivity index (χ0n) is 28.6. The van der Waals surface area contributed by atoms with Crippen LogP contribution < -0.4 is 16.0 Å². The molecule has 0 spiro atoms. The second kappa shape index (κ2) is 25.7. The highest BCUT2D eigenvalue weighted by Gasteiger charge is 2.22. The molecule has 0 saturated heterocycles. The van der Waals surface area contributed by atoms with Crippen LogP contribution >= 0.6 is 11.3 Å². The molecule has 0 radical (unpaired) electrons. The number of fused-ring (bicyclic) bond motifs is 1. The van der Waals surface area contributed by atoms with Crippen LogP contribution in [-0.4, -0.2) is 36.9 Å². The highest BCUT2D eigenvalue weighted by Crippen LogP contribution is 2.22. The molecule has 0 aliphatic heterocycles. The number of amides is 3. The zero-order valence-corrected chi connectivity index (χ0v) is 29.4. The summed E-state index contributed by atoms with van der Waals surface area (Å²) in [5, 5.41) is 12.1. The first kappa shape index (κ1) is 38.8. The highest BCUT2D eigenvalue weighted by atomic mass is 32.1. The topological polar surface area (TPSA) is 87.3 Å². The second-order valence-corrected chi connectivity index (χ2v) is 13.7. The molecule has 1 unspecified atom stereocenters. The molecule has 6 nitrogen and oxygen atoms in total. The average Bonchev–Trinajstić information content (AvgIpc) is 3.52. The molecular formula is C38H63N3O3S. The molecule has 1 heterocycles. The SMILES string of the molecule is CCCCCCCCCCCCNC(=O)CCC(NC(=O)c1ccc2ccsc2c1)C(=O)NCCCCCCCCCCCC. The van der Waals surface area contributed by atoms with E-state index in [1.807, 2.05) is 23.6 Å². The van der Waals surface area contributed by atoms with Crippen LogP contribution in [0.15, 0.2) is 29.6 Å². The number of nitrogens with one attached hydrogen (secondary N) is 3. The first-order valence-corrected chi connectivity index (χ1v) is 19.3. The molecule has 1 aromatic carbocycles. The van der Waals surface area contributed by atoms with E-state index in [0.29, 0.717) is 18.7 Å². The summed E-state index contributed by atoms with van der Waals surface area (Å²) in [5.41, 5.74) is 0.530. The van der Waals surface area contributed by atoms with Crippen molar-refractivity contribution in [2.24, 2.45) is 0 Å². The molecule has 3 amide bonds. The van der Waals surface area contributed by atoms with E-state index in [0.717, 1.165) is 35.8 Å². The lowest BCUT2D eigenvalue weighted by molar-refractivity contribution is -0.124. The number of carbonyl (C=O) groups is 3. The van der Waals surface area contributed by atoms with Crippen molar-refractivity contribution in [1.29, 1.82) is 0 Å². The summed E-state index contributed by atoms with van der Waals surface area (Å²) in [4.78, 5) is 38.9. The lowest BCUT2D eigenvalue weighted by Crippen LogP contribution is -2.47. The fourth-order valence-electron chi connectivity index (χ4n) is 5.76. The zero-order chi connectivity index (χ0) is 32.4. The molecule has 1 aromatic heterocycles. The van der Waals surface area contributed by atoms with Gasteiger partial charge in [0, 0.05) is 29.8 Å². The largest absolute Gasteiger partial charge is 0.356 e. The van der Waals surface area contributed by atoms with Crippen molar-refractivity contribution in [2.75, 3.05) is 13.1 Å². The molecule has 2 rings (SSSR count). The van der Waals surface area contributed by atoms with E-state index >= 15 is 0 Å². The van der Waals surface area contributed by atoms with Crippen molar-refractivity contribution in [3.05, 3.63) is 35.2 Å². The van der Waals surface area contributed by atoms with Gasteiger partial charge in [0.05, 0.1) is 0 Å². The molecule has 0 bridgehead atoms. The van der Waals surface area contributed by atoms with Gasteiger partial charge in [-0.25, -0.2) is 0 Å². The molecule has 0 saturated carbocycles. The molecule has 45 heavy (non-hydrogen) atoms. The summed E-state index contributed by atoms with van der Waals surface area (Å²) >= 11 is 1.59. The van der Waals surface area contributed by atoms with Crippen molar-refractivity contribution in [3.63, 3.8) is 0 Å². The summed E-state index contributed by atoms with van der Waals surface area (Å²) < 4.78 is 1.04. The maximum atomic E-state index is 13.2. The fraction of sp³-hybridized carbons (Fsp3) is 0.711. The van der Waals surface area contributed by atoms with Crippen molar-refractivity contribution in [1.82, 2.24) is 16.0 Å². The number of hydrogen-bond acceptors (Lipinski definition) is 4. The normalized spacial score (nSPS) is 11.9. The number of thiophene rings is 1. The number of hydrogen-bond donors (Lipinski definition) is 3. The van der Waals surface area contributed by atoms with Gasteiger partial charge in [0.15, 0.2) is 0 Å². The van der Waals surface area contributed by atoms with Crippen LogP contribution in [0.3, 0.4) is 0 Å². The van der Waals surface area contributed by atoms with Gasteiger partial charge in [-0.2, -0.15) is 0 Å². The molecule has 7 heteroatoms. The van der Waals surface area contributed by atoms with Gasteiger partial charge in [-0.05, 0) is 48.2 Å². The predicted octanol–water partition coefficient (Wildman–Crippen LogP) is 9.85. The predicted molar refractivity (Wildman–Crippen MR) is 192 cm³/mol. The summed E-state index contributed by atoms with van der Waals surface area (Å²) in [6, 6.07) is 6.88. The first-order valence-electron chi connectivity index (χ1n) is 18.4. The minimum Gasteiger partial charge on any atom is -0.356 e. The molecule has 254 valence electrons. The van der Waals surface area contributed by atoms with Crippen LogP contribution in [0.5, 0.6) is 0 Å². The quantitative estimate of drug-likeness (QED) is 0.0808. The van der Waals surface area contributed by atoms with Gasteiger partial charge < -0.3 is 16.0 Å². The van der Waals surface area contributed by atoms with Crippen molar-refractivity contribution in [3.8, 4) is 0 Å². The number of benzene rings is 1. The van der Waals surface area contributed by atoms with Gasteiger partial charge in [0.1, 0.15) is 6.04 Å². The van der Waals surface area contributed by atoms with Gasteiger partial charge in [0.25, 0.3) is 5.91 Å². The van der Waals surface area contributed by atoms with Gasteiger partial charge in [0.2, 0.25) is 11.8 Å². The number of rotatable bonds is 28. The Hall–Kier alpha value is -2.41. The first-order chi connectivity index (χ1) is 22.0. The van der Waals surface area contributed by atoms with Crippen LogP contribution in [0.25, 0.3) is 10.1 Å². The smallest absolute Gasteiger partial charge is 0.251 e. The van der Waals surface area contributed by atoms with Crippen molar-refractivity contribution < 1.29 is 14.4 Å². The van der Waals surface area contributed by atoms with Crippen molar-refractivity contribution in [2.45, 2.75) is 161 Å². The summed E-state index contributed by atoms with van der Waals surface area (Å²) in [5.74, 6) is -0.554.